The number of aromatic hydroxyl groups is 1. The fraction of sp³-hybridized carbons (Fsp3) is 0.412. The Morgan fingerprint density at radius 2 is 1.67 bits per heavy atom. The number of likely N-dealkylation sites (tertiary alicyclic amines) is 1. The molecule has 6 rings (SSSR count). The number of phenolic OH excluding ortho intramolecular Hbond substituents is 1. The summed E-state index contributed by atoms with van der Waals surface area (Å²) in [5, 5.41) is 12.4. The molecule has 260 valence electrons. The minimum atomic E-state index is -4.90. The van der Waals surface area contributed by atoms with Gasteiger partial charge in [0.15, 0.2) is 6.10 Å². The van der Waals surface area contributed by atoms with Crippen LogP contribution in [0.4, 0.5) is 34.1 Å². The molecule has 3 aromatic rings. The molecular weight excluding hydrogens is 665 g/mol. The first-order valence-electron chi connectivity index (χ1n) is 16.1. The summed E-state index contributed by atoms with van der Waals surface area (Å²) in [5.74, 6) is -1.66. The third-order valence-corrected chi connectivity index (χ3v) is 9.58. The summed E-state index contributed by atoms with van der Waals surface area (Å²) >= 11 is 5.96. The first kappa shape index (κ1) is 34.2. The van der Waals surface area contributed by atoms with Gasteiger partial charge in [-0.25, -0.2) is 9.59 Å². The number of halogens is 4. The molecule has 1 aromatic heterocycles. The Hall–Kier alpha value is -4.72. The van der Waals surface area contributed by atoms with Crippen LogP contribution in [-0.4, -0.2) is 101 Å². The van der Waals surface area contributed by atoms with E-state index in [4.69, 9.17) is 16.3 Å². The van der Waals surface area contributed by atoms with Crippen molar-refractivity contribution in [3.8, 4) is 5.75 Å². The van der Waals surface area contributed by atoms with E-state index in [0.717, 1.165) is 23.0 Å². The molecule has 15 heteroatoms. The minimum Gasteiger partial charge on any atom is -0.506 e. The predicted molar refractivity (Wildman–Crippen MR) is 176 cm³/mol. The second kappa shape index (κ2) is 14.4. The molecule has 1 atom stereocenters. The molecule has 11 nitrogen and oxygen atoms in total. The third-order valence-electron chi connectivity index (χ3n) is 9.29. The van der Waals surface area contributed by atoms with Crippen LogP contribution in [0.2, 0.25) is 5.02 Å². The molecule has 3 aliphatic rings. The van der Waals surface area contributed by atoms with Crippen molar-refractivity contribution in [2.75, 3.05) is 56.0 Å². The van der Waals surface area contributed by atoms with Crippen molar-refractivity contribution in [2.45, 2.75) is 44.0 Å². The van der Waals surface area contributed by atoms with Gasteiger partial charge >= 0.3 is 18.3 Å². The van der Waals surface area contributed by atoms with Crippen LogP contribution in [0.3, 0.4) is 0 Å². The smallest absolute Gasteiger partial charge is 0.420 e. The van der Waals surface area contributed by atoms with Crippen LogP contribution in [-0.2, 0) is 28.5 Å². The van der Waals surface area contributed by atoms with Gasteiger partial charge in [-0.3, -0.25) is 9.78 Å². The summed E-state index contributed by atoms with van der Waals surface area (Å²) in [6.07, 6.45) is -2.52. The number of piperazine rings is 1. The van der Waals surface area contributed by atoms with Crippen LogP contribution >= 0.6 is 11.6 Å². The standard InChI is InChI=1S/C34H36ClF3N6O5/c35-27-20-22(19-26(30(27)45)34(36,37)38)21-29(31(46)42-17-15-41(16-18-42)24-5-10-39-11-6-24)49-33(48)43-12-8-25(9-13-43)44-14-7-23-3-1-2-4-28(23)40-32(44)47/h1-6,10-11,19-20,25,29,45H,7-9,12-18,21H2,(H,40,47)/t29-/m1/s1. The van der Waals surface area contributed by atoms with Gasteiger partial charge in [-0.05, 0) is 60.7 Å². The number of urea groups is 1. The molecule has 0 aliphatic carbocycles. The summed E-state index contributed by atoms with van der Waals surface area (Å²) in [6.45, 7) is 2.62. The highest BCUT2D eigenvalue weighted by Gasteiger charge is 2.38. The van der Waals surface area contributed by atoms with Crippen LogP contribution in [0, 0.1) is 0 Å². The maximum atomic E-state index is 13.9. The summed E-state index contributed by atoms with van der Waals surface area (Å²) in [6, 6.07) is 12.9. The number of anilines is 2. The number of carbonyl (C=O) groups is 3. The number of aromatic nitrogens is 1. The Balaban J connectivity index is 1.14. The van der Waals surface area contributed by atoms with Crippen molar-refractivity contribution in [1.29, 1.82) is 0 Å². The maximum absolute atomic E-state index is 13.9. The van der Waals surface area contributed by atoms with E-state index in [1.165, 1.54) is 9.80 Å². The summed E-state index contributed by atoms with van der Waals surface area (Å²) in [7, 11) is 0. The number of rotatable bonds is 6. The van der Waals surface area contributed by atoms with E-state index < -0.39 is 40.6 Å². The van der Waals surface area contributed by atoms with Gasteiger partial charge < -0.3 is 34.8 Å². The van der Waals surface area contributed by atoms with Crippen LogP contribution in [0.25, 0.3) is 0 Å². The van der Waals surface area contributed by atoms with Crippen molar-refractivity contribution >= 4 is 41.0 Å². The molecule has 0 radical (unpaired) electrons. The molecule has 4 amide bonds. The van der Waals surface area contributed by atoms with Crippen LogP contribution in [0.15, 0.2) is 60.9 Å². The molecular formula is C34H36ClF3N6O5. The molecule has 2 aromatic carbocycles. The largest absolute Gasteiger partial charge is 0.506 e. The van der Waals surface area contributed by atoms with Crippen molar-refractivity contribution in [3.63, 3.8) is 0 Å². The lowest BCUT2D eigenvalue weighted by Gasteiger charge is -2.39. The summed E-state index contributed by atoms with van der Waals surface area (Å²) in [5.41, 5.74) is 1.40. The molecule has 4 heterocycles. The zero-order valence-corrected chi connectivity index (χ0v) is 27.3. The number of nitrogens with zero attached hydrogens (tertiary/aromatic N) is 5. The fourth-order valence-corrected chi connectivity index (χ4v) is 6.86. The van der Waals surface area contributed by atoms with E-state index in [2.05, 4.69) is 15.2 Å². The molecule has 0 bridgehead atoms. The minimum absolute atomic E-state index is 0.0245. The molecule has 0 spiro atoms. The number of phenols is 1. The van der Waals surface area contributed by atoms with Gasteiger partial charge in [-0.2, -0.15) is 13.2 Å². The average molecular weight is 701 g/mol. The van der Waals surface area contributed by atoms with Gasteiger partial charge in [-0.15, -0.1) is 0 Å². The second-order valence-corrected chi connectivity index (χ2v) is 12.7. The number of hydrogen-bond donors (Lipinski definition) is 2. The summed E-state index contributed by atoms with van der Waals surface area (Å²) in [4.78, 5) is 51.3. The second-order valence-electron chi connectivity index (χ2n) is 12.3. The Morgan fingerprint density at radius 3 is 2.37 bits per heavy atom. The number of piperidine rings is 1. The SMILES string of the molecule is O=C(O[C@H](Cc1cc(Cl)c(O)c(C(F)(F)F)c1)C(=O)N1CCN(c2ccncc2)CC1)N1CCC(N2CCc3ccccc3NC2=O)CC1. The summed E-state index contributed by atoms with van der Waals surface area (Å²) < 4.78 is 46.8. The molecule has 49 heavy (non-hydrogen) atoms. The number of ether oxygens (including phenoxy) is 1. The number of hydrogen-bond acceptors (Lipinski definition) is 7. The van der Waals surface area contributed by atoms with Crippen molar-refractivity contribution < 1.29 is 37.4 Å². The molecule has 2 N–H and O–H groups in total. The molecule has 2 saturated heterocycles. The number of fused-ring (bicyclic) bond motifs is 1. The van der Waals surface area contributed by atoms with Crippen LogP contribution in [0.1, 0.15) is 29.5 Å². The number of nitrogens with one attached hydrogen (secondary N) is 1. The first-order valence-corrected chi connectivity index (χ1v) is 16.5. The highest BCUT2D eigenvalue weighted by molar-refractivity contribution is 6.32. The molecule has 0 unspecified atom stereocenters. The normalized spacial score (nSPS) is 18.0. The monoisotopic (exact) mass is 700 g/mol. The van der Waals surface area contributed by atoms with Gasteiger partial charge in [0.05, 0.1) is 10.6 Å². The van der Waals surface area contributed by atoms with Crippen LogP contribution < -0.4 is 10.2 Å². The van der Waals surface area contributed by atoms with E-state index in [9.17, 15) is 32.7 Å². The molecule has 0 saturated carbocycles. The van der Waals surface area contributed by atoms with Gasteiger partial charge in [-0.1, -0.05) is 29.8 Å². The van der Waals surface area contributed by atoms with E-state index in [0.29, 0.717) is 58.1 Å². The van der Waals surface area contributed by atoms with Crippen molar-refractivity contribution in [2.24, 2.45) is 0 Å². The Morgan fingerprint density at radius 1 is 0.980 bits per heavy atom. The van der Waals surface area contributed by atoms with Gasteiger partial charge in [0.2, 0.25) is 0 Å². The Bertz CT molecular complexity index is 1680. The van der Waals surface area contributed by atoms with Crippen molar-refractivity contribution in [1.82, 2.24) is 19.7 Å². The number of benzene rings is 2. The number of carbonyl (C=O) groups excluding carboxylic acids is 3. The highest BCUT2D eigenvalue weighted by Crippen LogP contribution is 2.40. The number of pyridine rings is 1. The zero-order valence-electron chi connectivity index (χ0n) is 26.5. The maximum Gasteiger partial charge on any atom is 0.420 e. The quantitative estimate of drug-likeness (QED) is 0.353. The predicted octanol–water partition coefficient (Wildman–Crippen LogP) is 5.41. The van der Waals surface area contributed by atoms with Crippen molar-refractivity contribution in [3.05, 3.63) is 82.6 Å². The van der Waals surface area contributed by atoms with E-state index in [1.807, 2.05) is 36.4 Å². The number of para-hydroxylation sites is 1. The van der Waals surface area contributed by atoms with Gasteiger partial charge in [0.1, 0.15) is 5.75 Å². The Kier molecular flexibility index (Phi) is 10.0. The number of amides is 4. The van der Waals surface area contributed by atoms with E-state index in [1.54, 1.807) is 17.3 Å². The first-order chi connectivity index (χ1) is 23.5. The van der Waals surface area contributed by atoms with Gasteiger partial charge in [0.25, 0.3) is 5.91 Å². The lowest BCUT2D eigenvalue weighted by molar-refractivity contribution is -0.141. The molecule has 3 aliphatic heterocycles. The lowest BCUT2D eigenvalue weighted by Crippen LogP contribution is -2.54. The number of alkyl halides is 3. The van der Waals surface area contributed by atoms with E-state index in [-0.39, 0.29) is 37.1 Å². The third kappa shape index (κ3) is 7.79. The fourth-order valence-electron chi connectivity index (χ4n) is 6.62. The topological polar surface area (TPSA) is 119 Å². The van der Waals surface area contributed by atoms with E-state index >= 15 is 0 Å². The highest BCUT2D eigenvalue weighted by atomic mass is 35.5. The Labute approximate surface area is 286 Å². The zero-order chi connectivity index (χ0) is 34.7. The molecule has 2 fully saturated rings. The lowest BCUT2D eigenvalue weighted by atomic mass is 10.0. The average Bonchev–Trinajstić information content (AvgIpc) is 3.27. The van der Waals surface area contributed by atoms with Crippen LogP contribution in [0.5, 0.6) is 5.75 Å². The van der Waals surface area contributed by atoms with Gasteiger partial charge in [0, 0.05) is 82.0 Å².